The standard InChI is InChI=1S/C19H27BO5/c1-4-15(11-16-6-7-17(12-21)24-16)5-8-19-18(14(2)13-23-3)9-10-20(22)25-19/h6-7,9,11,19,21-22H,2,4-5,8,10,12-13H2,1,3H3/b15-11+. The van der Waals surface area contributed by atoms with Crippen molar-refractivity contribution in [2.24, 2.45) is 0 Å². The third kappa shape index (κ3) is 5.71. The Morgan fingerprint density at radius 1 is 1.48 bits per heavy atom. The zero-order valence-corrected chi connectivity index (χ0v) is 15.0. The van der Waals surface area contributed by atoms with Crippen LogP contribution in [0.2, 0.25) is 6.32 Å². The van der Waals surface area contributed by atoms with Gasteiger partial charge in [0.25, 0.3) is 0 Å². The largest absolute Gasteiger partial charge is 0.459 e. The van der Waals surface area contributed by atoms with Gasteiger partial charge in [0.15, 0.2) is 0 Å². The third-order valence-electron chi connectivity index (χ3n) is 4.30. The third-order valence-corrected chi connectivity index (χ3v) is 4.30. The molecule has 25 heavy (non-hydrogen) atoms. The first-order chi connectivity index (χ1) is 12.1. The normalized spacial score (nSPS) is 18.4. The molecule has 0 fully saturated rings. The Labute approximate surface area is 149 Å². The zero-order valence-electron chi connectivity index (χ0n) is 15.0. The van der Waals surface area contributed by atoms with Crippen LogP contribution in [0.15, 0.2) is 45.9 Å². The number of aliphatic hydroxyl groups is 1. The van der Waals surface area contributed by atoms with E-state index in [-0.39, 0.29) is 12.7 Å². The Balaban J connectivity index is 2.03. The molecule has 2 N–H and O–H groups in total. The maximum absolute atomic E-state index is 9.82. The van der Waals surface area contributed by atoms with Gasteiger partial charge in [-0.05, 0) is 48.6 Å². The van der Waals surface area contributed by atoms with Gasteiger partial charge in [0.2, 0.25) is 0 Å². The highest BCUT2D eigenvalue weighted by Crippen LogP contribution is 2.28. The summed E-state index contributed by atoms with van der Waals surface area (Å²) in [6.45, 7) is 6.51. The average molecular weight is 346 g/mol. The van der Waals surface area contributed by atoms with Crippen molar-refractivity contribution in [3.8, 4) is 0 Å². The maximum Gasteiger partial charge on any atom is 0.458 e. The van der Waals surface area contributed by atoms with Crippen molar-refractivity contribution in [1.82, 2.24) is 0 Å². The molecule has 2 rings (SSSR count). The van der Waals surface area contributed by atoms with Crippen LogP contribution in [0.5, 0.6) is 0 Å². The average Bonchev–Trinajstić information content (AvgIpc) is 3.06. The van der Waals surface area contributed by atoms with Crippen molar-refractivity contribution in [1.29, 1.82) is 0 Å². The van der Waals surface area contributed by atoms with Crippen LogP contribution < -0.4 is 0 Å². The van der Waals surface area contributed by atoms with E-state index in [1.165, 1.54) is 5.57 Å². The Bertz CT molecular complexity index is 632. The van der Waals surface area contributed by atoms with Crippen LogP contribution in [0.25, 0.3) is 6.08 Å². The lowest BCUT2D eigenvalue weighted by atomic mass is 9.78. The second kappa shape index (κ2) is 9.78. The van der Waals surface area contributed by atoms with E-state index in [2.05, 4.69) is 13.5 Å². The van der Waals surface area contributed by atoms with E-state index in [9.17, 15) is 5.02 Å². The molecule has 1 aromatic rings. The first-order valence-electron chi connectivity index (χ1n) is 8.67. The van der Waals surface area contributed by atoms with Crippen molar-refractivity contribution in [2.75, 3.05) is 13.7 Å². The number of furan rings is 1. The van der Waals surface area contributed by atoms with E-state index in [0.29, 0.717) is 18.7 Å². The number of hydrogen-bond acceptors (Lipinski definition) is 5. The molecule has 0 aliphatic carbocycles. The summed E-state index contributed by atoms with van der Waals surface area (Å²) in [6, 6.07) is 3.63. The summed E-state index contributed by atoms with van der Waals surface area (Å²) >= 11 is 0. The van der Waals surface area contributed by atoms with Crippen LogP contribution >= 0.6 is 0 Å². The van der Waals surface area contributed by atoms with Gasteiger partial charge < -0.3 is 23.9 Å². The van der Waals surface area contributed by atoms with E-state index in [1.54, 1.807) is 13.2 Å². The Morgan fingerprint density at radius 2 is 2.28 bits per heavy atom. The lowest BCUT2D eigenvalue weighted by molar-refractivity contribution is 0.176. The van der Waals surface area contributed by atoms with Gasteiger partial charge in [-0.25, -0.2) is 0 Å². The number of hydrogen-bond donors (Lipinski definition) is 2. The van der Waals surface area contributed by atoms with Crippen molar-refractivity contribution in [3.63, 3.8) is 0 Å². The molecule has 1 unspecified atom stereocenters. The fraction of sp³-hybridized carbons (Fsp3) is 0.474. The van der Waals surface area contributed by atoms with Crippen molar-refractivity contribution < 1.29 is 23.9 Å². The van der Waals surface area contributed by atoms with Crippen molar-refractivity contribution in [2.45, 2.75) is 45.2 Å². The molecule has 0 radical (unpaired) electrons. The minimum absolute atomic E-state index is 0.0983. The molecule has 0 saturated heterocycles. The van der Waals surface area contributed by atoms with Crippen LogP contribution in [0.1, 0.15) is 37.7 Å². The lowest BCUT2D eigenvalue weighted by Crippen LogP contribution is -2.32. The fourth-order valence-electron chi connectivity index (χ4n) is 2.96. The number of ether oxygens (including phenoxy) is 1. The lowest BCUT2D eigenvalue weighted by Gasteiger charge is -2.28. The zero-order chi connectivity index (χ0) is 18.2. The molecule has 1 atom stereocenters. The van der Waals surface area contributed by atoms with Gasteiger partial charge in [-0.2, -0.15) is 0 Å². The summed E-state index contributed by atoms with van der Waals surface area (Å²) in [7, 11) is 0.872. The predicted molar refractivity (Wildman–Crippen MR) is 98.9 cm³/mol. The monoisotopic (exact) mass is 346 g/mol. The topological polar surface area (TPSA) is 72.1 Å². The Kier molecular flexibility index (Phi) is 7.71. The van der Waals surface area contributed by atoms with Gasteiger partial charge >= 0.3 is 7.12 Å². The number of rotatable bonds is 9. The van der Waals surface area contributed by atoms with Gasteiger partial charge in [0, 0.05) is 13.4 Å². The van der Waals surface area contributed by atoms with E-state index < -0.39 is 7.12 Å². The first kappa shape index (κ1) is 19.7. The molecule has 0 amide bonds. The van der Waals surface area contributed by atoms with E-state index in [1.807, 2.05) is 18.2 Å². The van der Waals surface area contributed by atoms with E-state index in [4.69, 9.17) is 18.9 Å². The quantitative estimate of drug-likeness (QED) is 0.671. The van der Waals surface area contributed by atoms with Gasteiger partial charge in [0.05, 0.1) is 12.7 Å². The Hall–Kier alpha value is -1.60. The minimum Gasteiger partial charge on any atom is -0.459 e. The summed E-state index contributed by atoms with van der Waals surface area (Å²) < 4.78 is 16.4. The van der Waals surface area contributed by atoms with Gasteiger partial charge in [-0.3, -0.25) is 0 Å². The van der Waals surface area contributed by atoms with Gasteiger partial charge in [0.1, 0.15) is 18.1 Å². The van der Waals surface area contributed by atoms with Crippen LogP contribution in [0, 0.1) is 0 Å². The second-order valence-corrected chi connectivity index (χ2v) is 6.17. The molecule has 0 saturated carbocycles. The highest BCUT2D eigenvalue weighted by molar-refractivity contribution is 6.43. The molecule has 136 valence electrons. The number of methoxy groups -OCH3 is 1. The number of aliphatic hydroxyl groups excluding tert-OH is 1. The van der Waals surface area contributed by atoms with Crippen LogP contribution in [-0.2, 0) is 16.0 Å². The smallest absolute Gasteiger partial charge is 0.458 e. The highest BCUT2D eigenvalue weighted by atomic mass is 16.5. The van der Waals surface area contributed by atoms with Crippen molar-refractivity contribution in [3.05, 3.63) is 53.0 Å². The molecular weight excluding hydrogens is 319 g/mol. The molecule has 1 aromatic heterocycles. The van der Waals surface area contributed by atoms with Gasteiger partial charge in [-0.15, -0.1) is 0 Å². The molecule has 6 heteroatoms. The molecule has 0 spiro atoms. The predicted octanol–water partition coefficient (Wildman–Crippen LogP) is 3.35. The maximum atomic E-state index is 9.82. The van der Waals surface area contributed by atoms with Crippen LogP contribution in [0.3, 0.4) is 0 Å². The molecule has 1 aliphatic heterocycles. The van der Waals surface area contributed by atoms with Crippen LogP contribution in [-0.4, -0.2) is 37.1 Å². The summed E-state index contributed by atoms with van der Waals surface area (Å²) in [5.74, 6) is 1.30. The Morgan fingerprint density at radius 3 is 2.92 bits per heavy atom. The summed E-state index contributed by atoms with van der Waals surface area (Å²) in [6.07, 6.45) is 6.75. The van der Waals surface area contributed by atoms with E-state index >= 15 is 0 Å². The highest BCUT2D eigenvalue weighted by Gasteiger charge is 2.28. The minimum atomic E-state index is -0.768. The number of allylic oxidation sites excluding steroid dienone is 2. The van der Waals surface area contributed by atoms with Gasteiger partial charge in [-0.1, -0.05) is 25.2 Å². The first-order valence-corrected chi connectivity index (χ1v) is 8.67. The molecule has 1 aliphatic rings. The summed E-state index contributed by atoms with van der Waals surface area (Å²) in [5, 5.41) is 18.9. The molecule has 0 aromatic carbocycles. The molecule has 2 heterocycles. The van der Waals surface area contributed by atoms with E-state index in [0.717, 1.165) is 36.2 Å². The second-order valence-electron chi connectivity index (χ2n) is 6.17. The molecule has 5 nitrogen and oxygen atoms in total. The fourth-order valence-corrected chi connectivity index (χ4v) is 2.96. The summed E-state index contributed by atoms with van der Waals surface area (Å²) in [4.78, 5) is 0. The molecular formula is C19H27BO5. The van der Waals surface area contributed by atoms with Crippen molar-refractivity contribution >= 4 is 13.2 Å². The van der Waals surface area contributed by atoms with Crippen LogP contribution in [0.4, 0.5) is 0 Å². The SMILES string of the molecule is C=C(COC)C1=CCB(O)OC1CC/C(=C/c1ccc(CO)o1)CC. The summed E-state index contributed by atoms with van der Waals surface area (Å²) in [5.41, 5.74) is 3.13. The molecule has 0 bridgehead atoms.